The lowest BCUT2D eigenvalue weighted by Gasteiger charge is -2.14. The number of aromatic nitrogens is 1. The monoisotopic (exact) mass is 326 g/mol. The molecule has 2 aromatic rings. The van der Waals surface area contributed by atoms with Crippen LogP contribution in [0.2, 0.25) is 0 Å². The number of anilines is 1. The number of halogens is 3. The fourth-order valence-corrected chi connectivity index (χ4v) is 1.80. The summed E-state index contributed by atoms with van der Waals surface area (Å²) >= 11 is 0. The van der Waals surface area contributed by atoms with Crippen molar-refractivity contribution in [2.75, 3.05) is 5.32 Å². The van der Waals surface area contributed by atoms with E-state index in [9.17, 15) is 22.8 Å². The van der Waals surface area contributed by atoms with Crippen molar-refractivity contribution in [3.8, 4) is 0 Å². The molecule has 1 N–H and O–H groups in total. The fraction of sp³-hybridized carbons (Fsp3) is 0.200. The number of ether oxygens (including phenoxy) is 1. The minimum atomic E-state index is -1.70. The Labute approximate surface area is 129 Å². The largest absolute Gasteiger partial charge is 0.448 e. The number of benzene rings is 1. The van der Waals surface area contributed by atoms with Crippen LogP contribution < -0.4 is 5.32 Å². The van der Waals surface area contributed by atoms with Crippen molar-refractivity contribution in [3.63, 3.8) is 0 Å². The highest BCUT2D eigenvalue weighted by Crippen LogP contribution is 2.20. The van der Waals surface area contributed by atoms with Gasteiger partial charge in [-0.05, 0) is 31.2 Å². The Morgan fingerprint density at radius 1 is 1.17 bits per heavy atom. The van der Waals surface area contributed by atoms with Crippen molar-refractivity contribution in [3.05, 3.63) is 53.6 Å². The Morgan fingerprint density at radius 3 is 2.48 bits per heavy atom. The number of hydrogen-bond donors (Lipinski definition) is 1. The first-order valence-corrected chi connectivity index (χ1v) is 6.58. The number of esters is 1. The molecule has 0 fully saturated rings. The summed E-state index contributed by atoms with van der Waals surface area (Å²) in [5, 5.41) is 2.04. The number of rotatable bonds is 4. The zero-order chi connectivity index (χ0) is 17.1. The lowest BCUT2D eigenvalue weighted by atomic mass is 10.2. The Bertz CT molecular complexity index is 758. The van der Waals surface area contributed by atoms with E-state index in [0.29, 0.717) is 6.07 Å². The van der Waals surface area contributed by atoms with Crippen LogP contribution in [-0.4, -0.2) is 22.5 Å². The van der Waals surface area contributed by atoms with E-state index in [4.69, 9.17) is 4.74 Å². The summed E-state index contributed by atoms with van der Waals surface area (Å²) in [6.45, 7) is 1.27. The van der Waals surface area contributed by atoms with E-state index < -0.39 is 41.1 Å². The Hall–Kier alpha value is -2.77. The second-order valence-corrected chi connectivity index (χ2v) is 4.76. The summed E-state index contributed by atoms with van der Waals surface area (Å²) in [6.07, 6.45) is 0.364. The normalized spacial score (nSPS) is 11.9. The van der Waals surface area contributed by atoms with Crippen molar-refractivity contribution in [2.45, 2.75) is 13.0 Å². The van der Waals surface area contributed by atoms with E-state index in [1.165, 1.54) is 17.6 Å². The molecule has 8 heteroatoms. The first-order valence-electron chi connectivity index (χ1n) is 6.58. The highest BCUT2D eigenvalue weighted by molar-refractivity contribution is 5.97. The van der Waals surface area contributed by atoms with Crippen molar-refractivity contribution in [1.29, 1.82) is 0 Å². The number of nitrogens with zero attached hydrogens (tertiary/aromatic N) is 1. The molecule has 1 heterocycles. The van der Waals surface area contributed by atoms with Crippen molar-refractivity contribution < 1.29 is 27.5 Å². The van der Waals surface area contributed by atoms with Crippen molar-refractivity contribution >= 4 is 17.6 Å². The van der Waals surface area contributed by atoms with Crippen LogP contribution in [0.1, 0.15) is 17.4 Å². The molecule has 2 rings (SSSR count). The van der Waals surface area contributed by atoms with Gasteiger partial charge in [0.2, 0.25) is 0 Å². The van der Waals surface area contributed by atoms with E-state index >= 15 is 0 Å². The number of hydrogen-bond acceptors (Lipinski definition) is 3. The van der Waals surface area contributed by atoms with Crippen LogP contribution in [0.5, 0.6) is 0 Å². The van der Waals surface area contributed by atoms with Gasteiger partial charge in [0.05, 0.1) is 5.69 Å². The maximum absolute atomic E-state index is 13.5. The molecule has 0 aliphatic carbocycles. The summed E-state index contributed by atoms with van der Waals surface area (Å²) in [7, 11) is 1.62. The third-order valence-corrected chi connectivity index (χ3v) is 3.10. The molecule has 0 saturated heterocycles. The second-order valence-electron chi connectivity index (χ2n) is 4.76. The molecule has 1 aromatic heterocycles. The Kier molecular flexibility index (Phi) is 4.73. The van der Waals surface area contributed by atoms with Crippen LogP contribution >= 0.6 is 0 Å². The van der Waals surface area contributed by atoms with Gasteiger partial charge in [-0.15, -0.1) is 0 Å². The van der Waals surface area contributed by atoms with Gasteiger partial charge >= 0.3 is 5.97 Å². The molecule has 0 radical (unpaired) electrons. The molecule has 1 aromatic carbocycles. The van der Waals surface area contributed by atoms with E-state index in [1.807, 2.05) is 5.32 Å². The zero-order valence-corrected chi connectivity index (χ0v) is 12.3. The molecule has 0 aliphatic heterocycles. The predicted molar refractivity (Wildman–Crippen MR) is 75.2 cm³/mol. The standard InChI is InChI=1S/C15H13F3N2O3/c1-8(23-15(22)11-4-3-7-20(11)2)14(21)19-10-6-5-9(16)12(17)13(10)18/h3-8H,1-2H3,(H,19,21)/t8-/m0/s1. The molecule has 1 amide bonds. The molecule has 0 aliphatic rings. The Morgan fingerprint density at radius 2 is 1.87 bits per heavy atom. The van der Waals surface area contributed by atoms with Gasteiger partial charge in [0.15, 0.2) is 23.6 Å². The SMILES string of the molecule is C[C@H](OC(=O)c1cccn1C)C(=O)Nc1ccc(F)c(F)c1F. The van der Waals surface area contributed by atoms with Gasteiger partial charge < -0.3 is 14.6 Å². The van der Waals surface area contributed by atoms with Gasteiger partial charge in [-0.1, -0.05) is 0 Å². The van der Waals surface area contributed by atoms with Crippen LogP contribution in [0.3, 0.4) is 0 Å². The third-order valence-electron chi connectivity index (χ3n) is 3.10. The Balaban J connectivity index is 2.05. The zero-order valence-electron chi connectivity index (χ0n) is 12.3. The van der Waals surface area contributed by atoms with Gasteiger partial charge in [-0.25, -0.2) is 18.0 Å². The maximum Gasteiger partial charge on any atom is 0.355 e. The highest BCUT2D eigenvalue weighted by Gasteiger charge is 2.22. The predicted octanol–water partition coefficient (Wildman–Crippen LogP) is 2.63. The number of amides is 1. The average molecular weight is 326 g/mol. The van der Waals surface area contributed by atoms with E-state index in [1.54, 1.807) is 19.3 Å². The number of carbonyl (C=O) groups is 2. The van der Waals surface area contributed by atoms with Gasteiger partial charge in [0, 0.05) is 13.2 Å². The lowest BCUT2D eigenvalue weighted by Crippen LogP contribution is -2.30. The third kappa shape index (κ3) is 3.53. The van der Waals surface area contributed by atoms with Gasteiger partial charge in [0.25, 0.3) is 5.91 Å². The number of carbonyl (C=O) groups excluding carboxylic acids is 2. The summed E-state index contributed by atoms with van der Waals surface area (Å²) < 4.78 is 45.8. The van der Waals surface area contributed by atoms with E-state index in [0.717, 1.165) is 6.07 Å². The average Bonchev–Trinajstić information content (AvgIpc) is 2.93. The van der Waals surface area contributed by atoms with Crippen LogP contribution in [0, 0.1) is 17.5 Å². The van der Waals surface area contributed by atoms with Crippen molar-refractivity contribution in [2.24, 2.45) is 7.05 Å². The van der Waals surface area contributed by atoms with Gasteiger partial charge in [-0.2, -0.15) is 0 Å². The van der Waals surface area contributed by atoms with E-state index in [-0.39, 0.29) is 5.69 Å². The van der Waals surface area contributed by atoms with Crippen LogP contribution in [0.15, 0.2) is 30.5 Å². The topological polar surface area (TPSA) is 60.3 Å². The molecular weight excluding hydrogens is 313 g/mol. The van der Waals surface area contributed by atoms with E-state index in [2.05, 4.69) is 0 Å². The molecule has 122 valence electrons. The molecule has 5 nitrogen and oxygen atoms in total. The van der Waals surface area contributed by atoms with Gasteiger partial charge in [-0.3, -0.25) is 4.79 Å². The van der Waals surface area contributed by atoms with Crippen LogP contribution in [0.25, 0.3) is 0 Å². The summed E-state index contributed by atoms with van der Waals surface area (Å²) in [6, 6.07) is 4.67. The van der Waals surface area contributed by atoms with Crippen LogP contribution in [-0.2, 0) is 16.6 Å². The lowest BCUT2D eigenvalue weighted by molar-refractivity contribution is -0.123. The summed E-state index contributed by atoms with van der Waals surface area (Å²) in [5.41, 5.74) is -0.320. The molecule has 0 bridgehead atoms. The second kappa shape index (κ2) is 6.55. The number of nitrogens with one attached hydrogen (secondary N) is 1. The molecule has 1 atom stereocenters. The van der Waals surface area contributed by atoms with Crippen LogP contribution in [0.4, 0.5) is 18.9 Å². The maximum atomic E-state index is 13.5. The van der Waals surface area contributed by atoms with Crippen molar-refractivity contribution in [1.82, 2.24) is 4.57 Å². The molecule has 0 spiro atoms. The molecule has 0 unspecified atom stereocenters. The summed E-state index contributed by atoms with van der Waals surface area (Å²) in [4.78, 5) is 23.7. The first kappa shape index (κ1) is 16.6. The number of aryl methyl sites for hydroxylation is 1. The quantitative estimate of drug-likeness (QED) is 0.694. The molecule has 0 saturated carbocycles. The summed E-state index contributed by atoms with van der Waals surface area (Å²) in [5.74, 6) is -6.22. The minimum Gasteiger partial charge on any atom is -0.448 e. The molecular formula is C15H13F3N2O3. The highest BCUT2D eigenvalue weighted by atomic mass is 19.2. The minimum absolute atomic E-state index is 0.226. The molecule has 23 heavy (non-hydrogen) atoms. The van der Waals surface area contributed by atoms with Gasteiger partial charge in [0.1, 0.15) is 5.69 Å². The smallest absolute Gasteiger partial charge is 0.355 e. The first-order chi connectivity index (χ1) is 10.8. The fourth-order valence-electron chi connectivity index (χ4n) is 1.80.